The SMILES string of the molecule is C=CC(O)SCCCCCCO. The Morgan fingerprint density at radius 2 is 1.92 bits per heavy atom. The van der Waals surface area contributed by atoms with Crippen LogP contribution in [0.25, 0.3) is 0 Å². The van der Waals surface area contributed by atoms with E-state index in [9.17, 15) is 0 Å². The standard InChI is InChI=1S/C9H18O2S/c1-2-9(11)12-8-6-4-3-5-7-10/h2,9-11H,1,3-8H2. The highest BCUT2D eigenvalue weighted by molar-refractivity contribution is 7.99. The number of aliphatic hydroxyl groups excluding tert-OH is 2. The molecule has 12 heavy (non-hydrogen) atoms. The lowest BCUT2D eigenvalue weighted by molar-refractivity contribution is 0.283. The van der Waals surface area contributed by atoms with Gasteiger partial charge in [-0.25, -0.2) is 0 Å². The predicted molar refractivity (Wildman–Crippen MR) is 54.2 cm³/mol. The van der Waals surface area contributed by atoms with Crippen LogP contribution in [0, 0.1) is 0 Å². The number of hydrogen-bond acceptors (Lipinski definition) is 3. The lowest BCUT2D eigenvalue weighted by Crippen LogP contribution is -1.96. The first kappa shape index (κ1) is 12.0. The van der Waals surface area contributed by atoms with Crippen molar-refractivity contribution in [2.45, 2.75) is 31.1 Å². The Morgan fingerprint density at radius 1 is 1.25 bits per heavy atom. The van der Waals surface area contributed by atoms with E-state index in [1.807, 2.05) is 0 Å². The molecule has 0 amide bonds. The molecular formula is C9H18O2S. The Kier molecular flexibility index (Phi) is 9.11. The van der Waals surface area contributed by atoms with Crippen molar-refractivity contribution in [3.8, 4) is 0 Å². The molecule has 0 radical (unpaired) electrons. The van der Waals surface area contributed by atoms with E-state index in [1.165, 1.54) is 11.8 Å². The van der Waals surface area contributed by atoms with Crippen LogP contribution in [-0.2, 0) is 0 Å². The Balaban J connectivity index is 2.95. The summed E-state index contributed by atoms with van der Waals surface area (Å²) < 4.78 is 0. The van der Waals surface area contributed by atoms with Gasteiger partial charge in [-0.1, -0.05) is 25.5 Å². The molecule has 0 saturated heterocycles. The Labute approximate surface area is 78.7 Å². The minimum Gasteiger partial charge on any atom is -0.396 e. The first-order chi connectivity index (χ1) is 5.81. The molecule has 0 aliphatic heterocycles. The summed E-state index contributed by atoms with van der Waals surface area (Å²) in [6.07, 6.45) is 5.77. The lowest BCUT2D eigenvalue weighted by Gasteiger charge is -2.03. The highest BCUT2D eigenvalue weighted by atomic mass is 32.2. The normalized spacial score (nSPS) is 12.8. The number of aliphatic hydroxyl groups is 2. The van der Waals surface area contributed by atoms with E-state index >= 15 is 0 Å². The third-order valence-electron chi connectivity index (χ3n) is 1.54. The molecule has 1 unspecified atom stereocenters. The van der Waals surface area contributed by atoms with Gasteiger partial charge in [0.05, 0.1) is 0 Å². The van der Waals surface area contributed by atoms with Crippen molar-refractivity contribution in [2.75, 3.05) is 12.4 Å². The van der Waals surface area contributed by atoms with Crippen LogP contribution in [0.3, 0.4) is 0 Å². The summed E-state index contributed by atoms with van der Waals surface area (Å²) in [5.74, 6) is 0.971. The van der Waals surface area contributed by atoms with Gasteiger partial charge < -0.3 is 10.2 Å². The monoisotopic (exact) mass is 190 g/mol. The molecule has 0 aromatic carbocycles. The fraction of sp³-hybridized carbons (Fsp3) is 0.778. The summed E-state index contributed by atoms with van der Waals surface area (Å²) in [4.78, 5) is 0. The molecule has 0 aliphatic carbocycles. The van der Waals surface area contributed by atoms with E-state index in [2.05, 4.69) is 6.58 Å². The van der Waals surface area contributed by atoms with Gasteiger partial charge in [0, 0.05) is 6.61 Å². The highest BCUT2D eigenvalue weighted by Gasteiger charge is 1.96. The van der Waals surface area contributed by atoms with Crippen molar-refractivity contribution < 1.29 is 10.2 Å². The van der Waals surface area contributed by atoms with Crippen molar-refractivity contribution >= 4 is 11.8 Å². The van der Waals surface area contributed by atoms with Gasteiger partial charge in [-0.2, -0.15) is 0 Å². The van der Waals surface area contributed by atoms with Crippen LogP contribution < -0.4 is 0 Å². The summed E-state index contributed by atoms with van der Waals surface area (Å²) in [7, 11) is 0. The third kappa shape index (κ3) is 8.11. The molecule has 0 heterocycles. The van der Waals surface area contributed by atoms with Crippen molar-refractivity contribution in [2.24, 2.45) is 0 Å². The molecule has 0 rings (SSSR count). The van der Waals surface area contributed by atoms with Gasteiger partial charge >= 0.3 is 0 Å². The Morgan fingerprint density at radius 3 is 2.50 bits per heavy atom. The average Bonchev–Trinajstić information content (AvgIpc) is 2.10. The molecule has 0 spiro atoms. The van der Waals surface area contributed by atoms with Crippen LogP contribution in [0.15, 0.2) is 12.7 Å². The first-order valence-electron chi connectivity index (χ1n) is 4.34. The summed E-state index contributed by atoms with van der Waals surface area (Å²) in [6, 6.07) is 0. The maximum Gasteiger partial charge on any atom is 0.118 e. The number of hydrogen-bond donors (Lipinski definition) is 2. The van der Waals surface area contributed by atoms with Gasteiger partial charge in [0.15, 0.2) is 0 Å². The van der Waals surface area contributed by atoms with E-state index in [0.717, 1.165) is 31.4 Å². The zero-order chi connectivity index (χ0) is 9.23. The topological polar surface area (TPSA) is 40.5 Å². The fourth-order valence-electron chi connectivity index (χ4n) is 0.840. The van der Waals surface area contributed by atoms with E-state index in [1.54, 1.807) is 6.08 Å². The molecule has 0 aromatic heterocycles. The molecule has 0 aliphatic rings. The van der Waals surface area contributed by atoms with Gasteiger partial charge in [-0.3, -0.25) is 0 Å². The largest absolute Gasteiger partial charge is 0.396 e. The average molecular weight is 190 g/mol. The fourth-order valence-corrected chi connectivity index (χ4v) is 1.59. The van der Waals surface area contributed by atoms with Crippen LogP contribution in [-0.4, -0.2) is 28.0 Å². The van der Waals surface area contributed by atoms with Gasteiger partial charge in [-0.05, 0) is 18.6 Å². The molecule has 0 fully saturated rings. The minimum atomic E-state index is -0.414. The second-order valence-electron chi connectivity index (χ2n) is 2.63. The lowest BCUT2D eigenvalue weighted by atomic mass is 10.2. The molecule has 0 bridgehead atoms. The van der Waals surface area contributed by atoms with Crippen LogP contribution >= 0.6 is 11.8 Å². The maximum atomic E-state index is 9.07. The van der Waals surface area contributed by atoms with Crippen molar-refractivity contribution in [3.63, 3.8) is 0 Å². The van der Waals surface area contributed by atoms with Gasteiger partial charge in [-0.15, -0.1) is 11.8 Å². The molecule has 1 atom stereocenters. The van der Waals surface area contributed by atoms with E-state index in [0.29, 0.717) is 6.61 Å². The summed E-state index contributed by atoms with van der Waals surface area (Å²) >= 11 is 1.51. The van der Waals surface area contributed by atoms with Crippen molar-refractivity contribution in [3.05, 3.63) is 12.7 Å². The third-order valence-corrected chi connectivity index (χ3v) is 2.60. The molecule has 2 nitrogen and oxygen atoms in total. The molecule has 72 valence electrons. The van der Waals surface area contributed by atoms with Crippen LogP contribution in [0.2, 0.25) is 0 Å². The molecule has 0 saturated carbocycles. The van der Waals surface area contributed by atoms with Crippen molar-refractivity contribution in [1.82, 2.24) is 0 Å². The number of thioether (sulfide) groups is 1. The van der Waals surface area contributed by atoms with Crippen molar-refractivity contribution in [1.29, 1.82) is 0 Å². The molecule has 2 N–H and O–H groups in total. The summed E-state index contributed by atoms with van der Waals surface area (Å²) in [6.45, 7) is 3.78. The molecule has 3 heteroatoms. The summed E-state index contributed by atoms with van der Waals surface area (Å²) in [5, 5.41) is 17.6. The van der Waals surface area contributed by atoms with Crippen LogP contribution in [0.4, 0.5) is 0 Å². The zero-order valence-electron chi connectivity index (χ0n) is 7.41. The predicted octanol–water partition coefficient (Wildman–Crippen LogP) is 1.78. The second-order valence-corrected chi connectivity index (χ2v) is 3.86. The Bertz CT molecular complexity index is 107. The Hall–Kier alpha value is 0.01000. The first-order valence-corrected chi connectivity index (χ1v) is 5.39. The van der Waals surface area contributed by atoms with Gasteiger partial charge in [0.2, 0.25) is 0 Å². The van der Waals surface area contributed by atoms with Gasteiger partial charge in [0.25, 0.3) is 0 Å². The minimum absolute atomic E-state index is 0.294. The zero-order valence-corrected chi connectivity index (χ0v) is 8.22. The summed E-state index contributed by atoms with van der Waals surface area (Å²) in [5.41, 5.74) is -0.414. The van der Waals surface area contributed by atoms with E-state index in [4.69, 9.17) is 10.2 Å². The highest BCUT2D eigenvalue weighted by Crippen LogP contribution is 2.12. The van der Waals surface area contributed by atoms with Gasteiger partial charge in [0.1, 0.15) is 5.44 Å². The maximum absolute atomic E-state index is 9.07. The van der Waals surface area contributed by atoms with E-state index < -0.39 is 5.44 Å². The van der Waals surface area contributed by atoms with Crippen LogP contribution in [0.5, 0.6) is 0 Å². The molecule has 0 aromatic rings. The number of rotatable bonds is 8. The molecular weight excluding hydrogens is 172 g/mol. The number of unbranched alkanes of at least 4 members (excludes halogenated alkanes) is 3. The van der Waals surface area contributed by atoms with Crippen LogP contribution in [0.1, 0.15) is 25.7 Å². The van der Waals surface area contributed by atoms with E-state index in [-0.39, 0.29) is 0 Å². The second kappa shape index (κ2) is 9.10. The smallest absolute Gasteiger partial charge is 0.118 e. The quantitative estimate of drug-likeness (QED) is 0.348.